The number of ether oxygens (including phenoxy) is 11. The van der Waals surface area contributed by atoms with Crippen LogP contribution in [0.15, 0.2) is 42.5 Å². The highest BCUT2D eigenvalue weighted by atomic mass is 16.7. The molecule has 0 unspecified atom stereocenters. The van der Waals surface area contributed by atoms with Crippen LogP contribution in [0.2, 0.25) is 0 Å². The Morgan fingerprint density at radius 1 is 0.680 bits per heavy atom. The van der Waals surface area contributed by atoms with Crippen LogP contribution in [0.3, 0.4) is 0 Å². The quantitative estimate of drug-likeness (QED) is 0.141. The van der Waals surface area contributed by atoms with Crippen LogP contribution in [0.4, 0.5) is 0 Å². The Hall–Kier alpha value is -4.93. The molecule has 0 N–H and O–H groups in total. The second kappa shape index (κ2) is 18.7. The summed E-state index contributed by atoms with van der Waals surface area (Å²) in [6, 6.07) is 11.2. The van der Waals surface area contributed by atoms with E-state index < -0.39 is 86.0 Å². The van der Waals surface area contributed by atoms with Gasteiger partial charge in [0.1, 0.15) is 31.5 Å². The van der Waals surface area contributed by atoms with Crippen LogP contribution in [-0.2, 0) is 57.1 Å². The monoisotopic (exact) mass is 706 g/mol. The van der Waals surface area contributed by atoms with Crippen molar-refractivity contribution >= 4 is 29.8 Å². The smallest absolute Gasteiger partial charge is 0.308 e. The van der Waals surface area contributed by atoms with E-state index in [4.69, 9.17) is 52.1 Å². The first-order chi connectivity index (χ1) is 23.8. The van der Waals surface area contributed by atoms with Crippen molar-refractivity contribution < 1.29 is 76.1 Å². The molecule has 1 aliphatic heterocycles. The molecule has 0 spiro atoms. The molecular formula is C34H42O16. The van der Waals surface area contributed by atoms with Crippen LogP contribution in [0.25, 0.3) is 0 Å². The maximum Gasteiger partial charge on any atom is 0.308 e. The first-order valence-corrected chi connectivity index (χ1v) is 15.4. The van der Waals surface area contributed by atoms with Crippen LogP contribution in [-0.4, -0.2) is 101 Å². The molecule has 0 amide bonds. The molecule has 0 radical (unpaired) electrons. The fourth-order valence-corrected chi connectivity index (χ4v) is 5.12. The van der Waals surface area contributed by atoms with E-state index in [-0.39, 0.29) is 17.2 Å². The molecule has 0 saturated carbocycles. The Balaban J connectivity index is 2.28. The van der Waals surface area contributed by atoms with Crippen LogP contribution >= 0.6 is 0 Å². The van der Waals surface area contributed by atoms with E-state index in [1.54, 1.807) is 30.3 Å². The lowest BCUT2D eigenvalue weighted by Crippen LogP contribution is -2.63. The predicted molar refractivity (Wildman–Crippen MR) is 169 cm³/mol. The van der Waals surface area contributed by atoms with Crippen LogP contribution < -0.4 is 18.9 Å². The van der Waals surface area contributed by atoms with E-state index in [1.165, 1.54) is 54.2 Å². The van der Waals surface area contributed by atoms with E-state index in [1.807, 2.05) is 0 Å². The van der Waals surface area contributed by atoms with Gasteiger partial charge in [0.25, 0.3) is 0 Å². The average Bonchev–Trinajstić information content (AvgIpc) is 3.05. The number of carbonyl (C=O) groups is 5. The van der Waals surface area contributed by atoms with Gasteiger partial charge in [-0.1, -0.05) is 18.2 Å². The highest BCUT2D eigenvalue weighted by molar-refractivity contribution is 5.70. The molecule has 2 aromatic rings. The van der Waals surface area contributed by atoms with Gasteiger partial charge in [0.05, 0.1) is 14.2 Å². The van der Waals surface area contributed by atoms with Gasteiger partial charge in [0, 0.05) is 41.7 Å². The number of esters is 5. The highest BCUT2D eigenvalue weighted by Gasteiger charge is 2.53. The molecule has 0 aliphatic carbocycles. The highest BCUT2D eigenvalue weighted by Crippen LogP contribution is 2.39. The lowest BCUT2D eigenvalue weighted by atomic mass is 9.96. The summed E-state index contributed by atoms with van der Waals surface area (Å²) < 4.78 is 62.8. The molecular weight excluding hydrogens is 664 g/mol. The summed E-state index contributed by atoms with van der Waals surface area (Å²) in [4.78, 5) is 60.6. The lowest BCUT2D eigenvalue weighted by molar-refractivity contribution is -0.315. The first-order valence-electron chi connectivity index (χ1n) is 15.4. The van der Waals surface area contributed by atoms with Gasteiger partial charge in [-0.2, -0.15) is 0 Å². The standard InChI is InChI=1S/C34H42O16/c1-18(35)43-16-28(48-25-12-10-9-11-24(25)40-6)30(23-13-14-26(45-20(3)37)27(15-23)41-7)50-32-31(46-21(4)38)29(17-44-19(2)36)49-34(42-8)33(32)47-22(5)39/h9-15,28-34H,16-17H2,1-8H3/t28-,29+,30+,31-,32-,33+,34-/m0/s1. The Bertz CT molecular complexity index is 1490. The molecule has 274 valence electrons. The number of para-hydroxylation sites is 2. The van der Waals surface area contributed by atoms with E-state index >= 15 is 0 Å². The third-order valence-electron chi connectivity index (χ3n) is 7.09. The fourth-order valence-electron chi connectivity index (χ4n) is 5.12. The Morgan fingerprint density at radius 3 is 1.86 bits per heavy atom. The number of benzene rings is 2. The summed E-state index contributed by atoms with van der Waals surface area (Å²) in [6.07, 6.45) is -9.08. The Morgan fingerprint density at radius 2 is 1.30 bits per heavy atom. The fraction of sp³-hybridized carbons (Fsp3) is 0.500. The number of hydrogen-bond donors (Lipinski definition) is 0. The second-order valence-electron chi connectivity index (χ2n) is 10.9. The topological polar surface area (TPSA) is 187 Å². The van der Waals surface area contributed by atoms with Crippen molar-refractivity contribution in [3.63, 3.8) is 0 Å². The molecule has 16 heteroatoms. The molecule has 1 saturated heterocycles. The van der Waals surface area contributed by atoms with Crippen molar-refractivity contribution in [3.05, 3.63) is 48.0 Å². The summed E-state index contributed by atoms with van der Waals surface area (Å²) in [5.74, 6) is -2.60. The molecule has 16 nitrogen and oxygen atoms in total. The summed E-state index contributed by atoms with van der Waals surface area (Å²) in [5, 5.41) is 0. The minimum Gasteiger partial charge on any atom is -0.493 e. The number of carbonyl (C=O) groups excluding carboxylic acids is 5. The average molecular weight is 707 g/mol. The van der Waals surface area contributed by atoms with Crippen molar-refractivity contribution in [2.75, 3.05) is 34.5 Å². The van der Waals surface area contributed by atoms with Crippen LogP contribution in [0.1, 0.15) is 46.3 Å². The third kappa shape index (κ3) is 11.0. The van der Waals surface area contributed by atoms with Gasteiger partial charge in [0.2, 0.25) is 0 Å². The summed E-state index contributed by atoms with van der Waals surface area (Å²) in [6.45, 7) is 5.13. The summed E-state index contributed by atoms with van der Waals surface area (Å²) >= 11 is 0. The predicted octanol–water partition coefficient (Wildman–Crippen LogP) is 2.86. The number of methoxy groups -OCH3 is 3. The molecule has 0 aromatic heterocycles. The van der Waals surface area contributed by atoms with Crippen molar-refractivity contribution in [2.45, 2.75) is 77.5 Å². The molecule has 50 heavy (non-hydrogen) atoms. The van der Waals surface area contributed by atoms with E-state index in [2.05, 4.69) is 0 Å². The van der Waals surface area contributed by atoms with Crippen molar-refractivity contribution in [1.82, 2.24) is 0 Å². The SMILES string of the molecule is COc1cc([C@@H](O[C@H]2[C@@H](OC(C)=O)[C@@H](COC(C)=O)O[C@H](OC)[C@@H]2OC(C)=O)[C@H](COC(C)=O)Oc2ccccc2OC)ccc1OC(C)=O. The van der Waals surface area contributed by atoms with Crippen molar-refractivity contribution in [3.8, 4) is 23.0 Å². The summed E-state index contributed by atoms with van der Waals surface area (Å²) in [5.41, 5.74) is 0.324. The van der Waals surface area contributed by atoms with E-state index in [0.717, 1.165) is 13.8 Å². The van der Waals surface area contributed by atoms with Gasteiger partial charge in [-0.15, -0.1) is 0 Å². The minimum atomic E-state index is -1.40. The normalized spacial score (nSPS) is 21.1. The van der Waals surface area contributed by atoms with Gasteiger partial charge < -0.3 is 52.1 Å². The molecule has 7 atom stereocenters. The van der Waals surface area contributed by atoms with E-state index in [0.29, 0.717) is 11.3 Å². The van der Waals surface area contributed by atoms with Gasteiger partial charge in [-0.25, -0.2) is 0 Å². The zero-order chi connectivity index (χ0) is 37.0. The zero-order valence-corrected chi connectivity index (χ0v) is 29.0. The first kappa shape index (κ1) is 39.5. The molecule has 1 heterocycles. The lowest BCUT2D eigenvalue weighted by Gasteiger charge is -2.45. The third-order valence-corrected chi connectivity index (χ3v) is 7.09. The van der Waals surface area contributed by atoms with Gasteiger partial charge in [-0.05, 0) is 29.8 Å². The molecule has 1 fully saturated rings. The minimum absolute atomic E-state index is 0.0900. The molecule has 3 rings (SSSR count). The number of hydrogen-bond acceptors (Lipinski definition) is 16. The molecule has 2 aromatic carbocycles. The second-order valence-corrected chi connectivity index (χ2v) is 10.9. The van der Waals surface area contributed by atoms with E-state index in [9.17, 15) is 24.0 Å². The molecule has 0 bridgehead atoms. The maximum atomic E-state index is 12.5. The van der Waals surface area contributed by atoms with Crippen LogP contribution in [0, 0.1) is 0 Å². The number of rotatable bonds is 16. The molecule has 1 aliphatic rings. The van der Waals surface area contributed by atoms with Gasteiger partial charge in [0.15, 0.2) is 47.6 Å². The largest absolute Gasteiger partial charge is 0.493 e. The summed E-state index contributed by atoms with van der Waals surface area (Å²) in [7, 11) is 4.09. The van der Waals surface area contributed by atoms with Crippen molar-refractivity contribution in [1.29, 1.82) is 0 Å². The Kier molecular flexibility index (Phi) is 14.8. The van der Waals surface area contributed by atoms with Gasteiger partial charge >= 0.3 is 29.8 Å². The zero-order valence-electron chi connectivity index (χ0n) is 29.0. The Labute approximate surface area is 289 Å². The maximum absolute atomic E-state index is 12.5. The van der Waals surface area contributed by atoms with Gasteiger partial charge in [-0.3, -0.25) is 24.0 Å². The van der Waals surface area contributed by atoms with Crippen LogP contribution in [0.5, 0.6) is 23.0 Å². The van der Waals surface area contributed by atoms with Crippen molar-refractivity contribution in [2.24, 2.45) is 0 Å².